The fraction of sp³-hybridized carbons (Fsp3) is 0.625. The van der Waals surface area contributed by atoms with E-state index in [1.807, 2.05) is 0 Å². The zero-order chi connectivity index (χ0) is 11.9. The SMILES string of the molecule is N[C@H]1CON(C2(C(=O)O)CCC(=O)O2)C1=O. The van der Waals surface area contributed by atoms with Gasteiger partial charge in [-0.3, -0.25) is 14.4 Å². The maximum atomic E-state index is 11.5. The summed E-state index contributed by atoms with van der Waals surface area (Å²) in [6.45, 7) is -0.120. The second-order valence-electron chi connectivity index (χ2n) is 3.60. The highest BCUT2D eigenvalue weighted by Gasteiger charge is 2.58. The van der Waals surface area contributed by atoms with E-state index in [0.29, 0.717) is 5.06 Å². The number of nitrogens with two attached hydrogens (primary N) is 1. The lowest BCUT2D eigenvalue weighted by molar-refractivity contribution is -0.256. The number of amides is 1. The van der Waals surface area contributed by atoms with E-state index < -0.39 is 29.6 Å². The van der Waals surface area contributed by atoms with Crippen molar-refractivity contribution < 1.29 is 29.1 Å². The molecule has 0 radical (unpaired) electrons. The molecule has 0 bridgehead atoms. The molecule has 88 valence electrons. The summed E-state index contributed by atoms with van der Waals surface area (Å²) in [5.41, 5.74) is 3.33. The molecule has 8 nitrogen and oxygen atoms in total. The van der Waals surface area contributed by atoms with Gasteiger partial charge >= 0.3 is 17.7 Å². The van der Waals surface area contributed by atoms with Crippen molar-refractivity contribution in [3.63, 3.8) is 0 Å². The highest BCUT2D eigenvalue weighted by molar-refractivity contribution is 5.92. The summed E-state index contributed by atoms with van der Waals surface area (Å²) < 4.78 is 4.70. The van der Waals surface area contributed by atoms with Gasteiger partial charge in [-0.25, -0.2) is 4.79 Å². The number of aliphatic carboxylic acids is 1. The summed E-state index contributed by atoms with van der Waals surface area (Å²) in [7, 11) is 0. The largest absolute Gasteiger partial charge is 0.477 e. The second-order valence-corrected chi connectivity index (χ2v) is 3.60. The van der Waals surface area contributed by atoms with E-state index in [0.717, 1.165) is 0 Å². The Bertz CT molecular complexity index is 370. The van der Waals surface area contributed by atoms with Crippen LogP contribution in [0.4, 0.5) is 0 Å². The Labute approximate surface area is 89.8 Å². The summed E-state index contributed by atoms with van der Waals surface area (Å²) in [5.74, 6) is -2.82. The molecule has 1 amide bonds. The number of carbonyl (C=O) groups is 3. The van der Waals surface area contributed by atoms with Gasteiger partial charge in [0, 0.05) is 6.42 Å². The van der Waals surface area contributed by atoms with Crippen LogP contribution in [0.1, 0.15) is 12.8 Å². The fourth-order valence-electron chi connectivity index (χ4n) is 1.66. The molecule has 2 heterocycles. The molecule has 2 fully saturated rings. The lowest BCUT2D eigenvalue weighted by Gasteiger charge is -2.30. The van der Waals surface area contributed by atoms with Crippen LogP contribution in [0.3, 0.4) is 0 Å². The number of hydrogen-bond donors (Lipinski definition) is 2. The third-order valence-electron chi connectivity index (χ3n) is 2.51. The molecule has 0 aromatic rings. The molecule has 1 unspecified atom stereocenters. The molecule has 0 aromatic carbocycles. The molecule has 3 N–H and O–H groups in total. The predicted octanol–water partition coefficient (Wildman–Crippen LogP) is -1.79. The number of nitrogens with zero attached hydrogens (tertiary/aromatic N) is 1. The van der Waals surface area contributed by atoms with Gasteiger partial charge in [-0.15, -0.1) is 0 Å². The first-order valence-corrected chi connectivity index (χ1v) is 4.65. The Morgan fingerprint density at radius 3 is 2.62 bits per heavy atom. The van der Waals surface area contributed by atoms with Crippen LogP contribution < -0.4 is 5.73 Å². The van der Waals surface area contributed by atoms with Gasteiger partial charge in [0.05, 0.1) is 13.0 Å². The van der Waals surface area contributed by atoms with E-state index >= 15 is 0 Å². The maximum Gasteiger partial charge on any atom is 0.372 e. The first kappa shape index (κ1) is 10.8. The number of cyclic esters (lactones) is 1. The summed E-state index contributed by atoms with van der Waals surface area (Å²) in [4.78, 5) is 38.5. The molecule has 0 spiro atoms. The van der Waals surface area contributed by atoms with Crippen LogP contribution in [0, 0.1) is 0 Å². The predicted molar refractivity (Wildman–Crippen MR) is 46.5 cm³/mol. The number of carboxylic acid groups (broad SMARTS) is 1. The van der Waals surface area contributed by atoms with Crippen LogP contribution in [0.25, 0.3) is 0 Å². The minimum atomic E-state index is -2.05. The van der Waals surface area contributed by atoms with Crippen molar-refractivity contribution in [2.45, 2.75) is 24.6 Å². The Morgan fingerprint density at radius 1 is 1.56 bits per heavy atom. The van der Waals surface area contributed by atoms with Gasteiger partial charge in [-0.1, -0.05) is 0 Å². The first-order chi connectivity index (χ1) is 7.47. The van der Waals surface area contributed by atoms with Crippen molar-refractivity contribution in [1.82, 2.24) is 5.06 Å². The number of carboxylic acids is 1. The highest BCUT2D eigenvalue weighted by atomic mass is 16.7. The van der Waals surface area contributed by atoms with Gasteiger partial charge in [0.25, 0.3) is 5.91 Å². The third kappa shape index (κ3) is 1.34. The van der Waals surface area contributed by atoms with Crippen molar-refractivity contribution in [3.8, 4) is 0 Å². The molecule has 8 heteroatoms. The van der Waals surface area contributed by atoms with Crippen LogP contribution in [0.15, 0.2) is 0 Å². The normalized spacial score (nSPS) is 34.3. The maximum absolute atomic E-state index is 11.5. The Kier molecular flexibility index (Phi) is 2.32. The molecule has 2 atom stereocenters. The molecule has 16 heavy (non-hydrogen) atoms. The second kappa shape index (κ2) is 3.42. The fourth-order valence-corrected chi connectivity index (χ4v) is 1.66. The number of carbonyl (C=O) groups excluding carboxylic acids is 2. The molecule has 0 aromatic heterocycles. The summed E-state index contributed by atoms with van der Waals surface area (Å²) in [6, 6.07) is -0.921. The van der Waals surface area contributed by atoms with Crippen LogP contribution in [-0.2, 0) is 24.0 Å². The number of hydrogen-bond acceptors (Lipinski definition) is 6. The van der Waals surface area contributed by atoms with E-state index in [1.54, 1.807) is 0 Å². The molecule has 2 saturated heterocycles. The Morgan fingerprint density at radius 2 is 2.25 bits per heavy atom. The van der Waals surface area contributed by atoms with Crippen molar-refractivity contribution in [1.29, 1.82) is 0 Å². The van der Waals surface area contributed by atoms with Crippen LogP contribution >= 0.6 is 0 Å². The van der Waals surface area contributed by atoms with Gasteiger partial charge < -0.3 is 15.6 Å². The minimum Gasteiger partial charge on any atom is -0.477 e. The lowest BCUT2D eigenvalue weighted by atomic mass is 10.1. The summed E-state index contributed by atoms with van der Waals surface area (Å²) in [6.07, 6.45) is -0.214. The monoisotopic (exact) mass is 230 g/mol. The number of ether oxygens (including phenoxy) is 1. The first-order valence-electron chi connectivity index (χ1n) is 4.65. The molecular formula is C8H10N2O6. The summed E-state index contributed by atoms with van der Waals surface area (Å²) in [5, 5.41) is 9.61. The van der Waals surface area contributed by atoms with Gasteiger partial charge in [-0.05, 0) is 0 Å². The minimum absolute atomic E-state index is 0.0747. The van der Waals surface area contributed by atoms with Gasteiger partial charge in [0.15, 0.2) is 0 Å². The topological polar surface area (TPSA) is 119 Å². The zero-order valence-electron chi connectivity index (χ0n) is 8.21. The molecule has 2 aliphatic rings. The molecule has 2 rings (SSSR count). The number of hydroxylamine groups is 2. The molecule has 0 saturated carbocycles. The van der Waals surface area contributed by atoms with Crippen LogP contribution in [-0.4, -0.2) is 46.4 Å². The number of esters is 1. The third-order valence-corrected chi connectivity index (χ3v) is 2.51. The standard InChI is InChI=1S/C8H10N2O6/c9-4-3-15-10(6(4)12)8(7(13)14)2-1-5(11)16-8/h4H,1-3,9H2,(H,13,14)/t4-,8?/m0/s1. The smallest absolute Gasteiger partial charge is 0.372 e. The van der Waals surface area contributed by atoms with Crippen molar-refractivity contribution >= 4 is 17.8 Å². The molecule has 2 aliphatic heterocycles. The quantitative estimate of drug-likeness (QED) is 0.537. The van der Waals surface area contributed by atoms with E-state index in [-0.39, 0.29) is 19.4 Å². The van der Waals surface area contributed by atoms with Gasteiger partial charge in [-0.2, -0.15) is 5.06 Å². The lowest BCUT2D eigenvalue weighted by Crippen LogP contribution is -2.56. The van der Waals surface area contributed by atoms with E-state index in [9.17, 15) is 14.4 Å². The van der Waals surface area contributed by atoms with Gasteiger partial charge in [0.1, 0.15) is 6.04 Å². The van der Waals surface area contributed by atoms with E-state index in [1.165, 1.54) is 0 Å². The summed E-state index contributed by atoms with van der Waals surface area (Å²) >= 11 is 0. The number of rotatable bonds is 2. The molecule has 0 aliphatic carbocycles. The Hall–Kier alpha value is -1.67. The van der Waals surface area contributed by atoms with Gasteiger partial charge in [0.2, 0.25) is 0 Å². The van der Waals surface area contributed by atoms with Crippen LogP contribution in [0.5, 0.6) is 0 Å². The molecular weight excluding hydrogens is 220 g/mol. The van der Waals surface area contributed by atoms with E-state index in [4.69, 9.17) is 20.4 Å². The highest BCUT2D eigenvalue weighted by Crippen LogP contribution is 2.33. The van der Waals surface area contributed by atoms with Crippen LogP contribution in [0.2, 0.25) is 0 Å². The van der Waals surface area contributed by atoms with E-state index in [2.05, 4.69) is 0 Å². The zero-order valence-corrected chi connectivity index (χ0v) is 8.21. The van der Waals surface area contributed by atoms with Crippen molar-refractivity contribution in [2.24, 2.45) is 5.73 Å². The van der Waals surface area contributed by atoms with Crippen molar-refractivity contribution in [2.75, 3.05) is 6.61 Å². The average Bonchev–Trinajstić information content (AvgIpc) is 2.74. The Balaban J connectivity index is 2.31. The van der Waals surface area contributed by atoms with Crippen molar-refractivity contribution in [3.05, 3.63) is 0 Å². The average molecular weight is 230 g/mol.